The summed E-state index contributed by atoms with van der Waals surface area (Å²) in [5.74, 6) is -1.69. The van der Waals surface area contributed by atoms with E-state index < -0.39 is 34.7 Å². The summed E-state index contributed by atoms with van der Waals surface area (Å²) in [6, 6.07) is -0.496. The first-order valence-electron chi connectivity index (χ1n) is 9.30. The lowest BCUT2D eigenvalue weighted by Crippen LogP contribution is -2.35. The van der Waals surface area contributed by atoms with Crippen molar-refractivity contribution in [3.05, 3.63) is 34.1 Å². The Morgan fingerprint density at radius 3 is 2.50 bits per heavy atom. The maximum Gasteiger partial charge on any atom is 0.435 e. The fraction of sp³-hybridized carbons (Fsp3) is 0.474. The van der Waals surface area contributed by atoms with Crippen LogP contribution in [0.2, 0.25) is 0 Å². The number of carbonyl (C=O) groups excluding carboxylic acids is 2. The molecule has 30 heavy (non-hydrogen) atoms. The minimum absolute atomic E-state index is 0.0796. The van der Waals surface area contributed by atoms with Crippen LogP contribution in [0.3, 0.4) is 0 Å². The number of rotatable bonds is 7. The van der Waals surface area contributed by atoms with Crippen molar-refractivity contribution < 1.29 is 27.5 Å². The van der Waals surface area contributed by atoms with Crippen molar-refractivity contribution in [2.75, 3.05) is 11.5 Å². The van der Waals surface area contributed by atoms with Gasteiger partial charge in [0, 0.05) is 29.9 Å². The van der Waals surface area contributed by atoms with Crippen molar-refractivity contribution in [2.24, 2.45) is 0 Å². The fourth-order valence-electron chi connectivity index (χ4n) is 2.69. The monoisotopic (exact) mass is 444 g/mol. The molecule has 1 amide bonds. The summed E-state index contributed by atoms with van der Waals surface area (Å²) in [6.07, 6.45) is -0.448. The molecule has 2 heterocycles. The van der Waals surface area contributed by atoms with Gasteiger partial charge in [-0.3, -0.25) is 14.4 Å². The van der Waals surface area contributed by atoms with E-state index in [0.717, 1.165) is 16.2 Å². The van der Waals surface area contributed by atoms with Gasteiger partial charge in [-0.05, 0) is 40.7 Å². The second-order valence-corrected chi connectivity index (χ2v) is 7.51. The van der Waals surface area contributed by atoms with Crippen LogP contribution in [0.25, 0.3) is 6.08 Å². The third-order valence-electron chi connectivity index (χ3n) is 4.15. The van der Waals surface area contributed by atoms with Crippen LogP contribution in [0.1, 0.15) is 54.3 Å². The first-order valence-corrected chi connectivity index (χ1v) is 10.1. The largest absolute Gasteiger partial charge is 0.462 e. The third-order valence-corrected chi connectivity index (χ3v) is 5.19. The SMILES string of the molecule is CCOC(=O)c1sc(N(C(=O)/C=C/c2cnn(CC)c2C)C(C)C)nc1C(F)(F)F. The standard InChI is InChI=1S/C19H23F3N4O3S/c1-6-25-12(5)13(10-23-25)8-9-14(27)26(11(3)4)18-24-16(19(20,21)22)15(30-18)17(28)29-7-2/h8-11H,6-7H2,1-5H3/b9-8+. The number of thiazole rings is 1. The van der Waals surface area contributed by atoms with Gasteiger partial charge in [-0.15, -0.1) is 0 Å². The number of anilines is 1. The molecule has 7 nitrogen and oxygen atoms in total. The number of aryl methyl sites for hydroxylation is 1. The van der Waals surface area contributed by atoms with Gasteiger partial charge in [-0.1, -0.05) is 11.3 Å². The summed E-state index contributed by atoms with van der Waals surface area (Å²) >= 11 is 0.481. The van der Waals surface area contributed by atoms with E-state index in [4.69, 9.17) is 4.74 Å². The van der Waals surface area contributed by atoms with Crippen molar-refractivity contribution in [1.29, 1.82) is 0 Å². The Labute approximate surface area is 176 Å². The highest BCUT2D eigenvalue weighted by Gasteiger charge is 2.41. The molecular formula is C19H23F3N4O3S. The number of hydrogen-bond donors (Lipinski definition) is 0. The zero-order chi connectivity index (χ0) is 22.6. The van der Waals surface area contributed by atoms with E-state index in [1.807, 2.05) is 13.8 Å². The number of aromatic nitrogens is 3. The zero-order valence-corrected chi connectivity index (χ0v) is 18.1. The maximum absolute atomic E-state index is 13.4. The van der Waals surface area contributed by atoms with E-state index in [0.29, 0.717) is 17.9 Å². The van der Waals surface area contributed by atoms with E-state index in [-0.39, 0.29) is 11.7 Å². The molecule has 0 radical (unpaired) electrons. The molecule has 0 aliphatic rings. The number of nitrogens with zero attached hydrogens (tertiary/aromatic N) is 4. The lowest BCUT2D eigenvalue weighted by molar-refractivity contribution is -0.141. The van der Waals surface area contributed by atoms with E-state index in [1.54, 1.807) is 30.8 Å². The number of esters is 1. The molecule has 164 valence electrons. The molecule has 0 aromatic carbocycles. The summed E-state index contributed by atoms with van der Waals surface area (Å²) in [7, 11) is 0. The first-order chi connectivity index (χ1) is 14.0. The lowest BCUT2D eigenvalue weighted by atomic mass is 10.2. The second-order valence-electron chi connectivity index (χ2n) is 6.53. The molecule has 0 saturated carbocycles. The van der Waals surface area contributed by atoms with E-state index in [2.05, 4.69) is 10.1 Å². The summed E-state index contributed by atoms with van der Waals surface area (Å²) in [4.78, 5) is 28.8. The predicted molar refractivity (Wildman–Crippen MR) is 107 cm³/mol. The average Bonchev–Trinajstić information content (AvgIpc) is 3.24. The van der Waals surface area contributed by atoms with Gasteiger partial charge in [0.1, 0.15) is 4.88 Å². The smallest absolute Gasteiger partial charge is 0.435 e. The van der Waals surface area contributed by atoms with Crippen LogP contribution in [0, 0.1) is 6.92 Å². The first kappa shape index (κ1) is 23.6. The lowest BCUT2D eigenvalue weighted by Gasteiger charge is -2.22. The van der Waals surface area contributed by atoms with Gasteiger partial charge >= 0.3 is 12.1 Å². The molecule has 0 aliphatic heterocycles. The van der Waals surface area contributed by atoms with E-state index in [1.165, 1.54) is 13.0 Å². The Kier molecular flexibility index (Phi) is 7.40. The average molecular weight is 444 g/mol. The highest BCUT2D eigenvalue weighted by molar-refractivity contribution is 7.17. The number of halogens is 3. The van der Waals surface area contributed by atoms with Crippen LogP contribution >= 0.6 is 11.3 Å². The van der Waals surface area contributed by atoms with Crippen LogP contribution in [0.5, 0.6) is 0 Å². The normalized spacial score (nSPS) is 12.0. The van der Waals surface area contributed by atoms with Gasteiger partial charge in [-0.2, -0.15) is 18.3 Å². The zero-order valence-electron chi connectivity index (χ0n) is 17.3. The number of carbonyl (C=O) groups is 2. The highest BCUT2D eigenvalue weighted by Crippen LogP contribution is 2.38. The molecule has 0 aliphatic carbocycles. The second kappa shape index (κ2) is 9.41. The minimum atomic E-state index is -4.86. The summed E-state index contributed by atoms with van der Waals surface area (Å²) in [6.45, 7) is 9.15. The Bertz CT molecular complexity index is 947. The number of ether oxygens (including phenoxy) is 1. The Morgan fingerprint density at radius 2 is 2.00 bits per heavy atom. The highest BCUT2D eigenvalue weighted by atomic mass is 32.1. The Hall–Kier alpha value is -2.69. The van der Waals surface area contributed by atoms with Gasteiger partial charge in [-0.25, -0.2) is 9.78 Å². The van der Waals surface area contributed by atoms with Crippen LogP contribution in [0.15, 0.2) is 12.3 Å². The molecule has 0 spiro atoms. The van der Waals surface area contributed by atoms with Crippen molar-refractivity contribution in [2.45, 2.75) is 53.4 Å². The van der Waals surface area contributed by atoms with Crippen LogP contribution in [0.4, 0.5) is 18.3 Å². The summed E-state index contributed by atoms with van der Waals surface area (Å²) in [5.41, 5.74) is 0.218. The topological polar surface area (TPSA) is 77.3 Å². The molecule has 0 saturated heterocycles. The van der Waals surface area contributed by atoms with Crippen molar-refractivity contribution >= 4 is 34.4 Å². The molecule has 11 heteroatoms. The molecule has 0 unspecified atom stereocenters. The Morgan fingerprint density at radius 1 is 1.33 bits per heavy atom. The van der Waals surface area contributed by atoms with Gasteiger partial charge in [0.05, 0.1) is 12.8 Å². The molecule has 2 aromatic rings. The number of alkyl halides is 3. The van der Waals surface area contributed by atoms with Crippen molar-refractivity contribution in [3.8, 4) is 0 Å². The maximum atomic E-state index is 13.4. The Balaban J connectivity index is 2.42. The van der Waals surface area contributed by atoms with Crippen LogP contribution in [-0.4, -0.2) is 39.3 Å². The fourth-order valence-corrected chi connectivity index (χ4v) is 3.81. The van der Waals surface area contributed by atoms with Gasteiger partial charge in [0.2, 0.25) is 0 Å². The van der Waals surface area contributed by atoms with Crippen molar-refractivity contribution in [3.63, 3.8) is 0 Å². The van der Waals surface area contributed by atoms with Gasteiger partial charge in [0.15, 0.2) is 10.8 Å². The van der Waals surface area contributed by atoms with Crippen LogP contribution < -0.4 is 4.90 Å². The molecule has 2 rings (SSSR count). The minimum Gasteiger partial charge on any atom is -0.462 e. The van der Waals surface area contributed by atoms with E-state index in [9.17, 15) is 22.8 Å². The van der Waals surface area contributed by atoms with Crippen LogP contribution in [-0.2, 0) is 22.3 Å². The third kappa shape index (κ3) is 5.07. The predicted octanol–water partition coefficient (Wildman–Crippen LogP) is 4.32. The number of amides is 1. The van der Waals surface area contributed by atoms with Crippen molar-refractivity contribution in [1.82, 2.24) is 14.8 Å². The summed E-state index contributed by atoms with van der Waals surface area (Å²) in [5, 5.41) is 3.96. The molecule has 0 bridgehead atoms. The molecule has 2 aromatic heterocycles. The molecular weight excluding hydrogens is 421 g/mol. The van der Waals surface area contributed by atoms with Gasteiger partial charge in [0.25, 0.3) is 5.91 Å². The molecule has 0 fully saturated rings. The molecule has 0 N–H and O–H groups in total. The number of hydrogen-bond acceptors (Lipinski definition) is 6. The quantitative estimate of drug-likeness (QED) is 0.470. The molecule has 0 atom stereocenters. The van der Waals surface area contributed by atoms with E-state index >= 15 is 0 Å². The van der Waals surface area contributed by atoms with Gasteiger partial charge < -0.3 is 4.74 Å². The summed E-state index contributed by atoms with van der Waals surface area (Å²) < 4.78 is 46.6.